The Kier molecular flexibility index (Phi) is 60.6. The lowest BCUT2D eigenvalue weighted by molar-refractivity contribution is -0.167. The molecular weight excluding hydrogens is 889 g/mol. The molecule has 0 aliphatic rings. The van der Waals surface area contributed by atoms with Crippen molar-refractivity contribution in [1.29, 1.82) is 0 Å². The van der Waals surface area contributed by atoms with Gasteiger partial charge in [-0.2, -0.15) is 0 Å². The van der Waals surface area contributed by atoms with Crippen LogP contribution in [0.4, 0.5) is 0 Å². The quantitative estimate of drug-likeness (QED) is 0.0343. The van der Waals surface area contributed by atoms with Crippen molar-refractivity contribution < 1.29 is 28.6 Å². The largest absolute Gasteiger partial charge is 0.462 e. The van der Waals surface area contributed by atoms with Gasteiger partial charge in [0.05, 0.1) is 0 Å². The van der Waals surface area contributed by atoms with E-state index in [4.69, 9.17) is 14.2 Å². The van der Waals surface area contributed by atoms with Crippen LogP contribution in [-0.4, -0.2) is 37.2 Å². The number of hydrogen-bond donors (Lipinski definition) is 0. The summed E-state index contributed by atoms with van der Waals surface area (Å²) in [7, 11) is 0. The Morgan fingerprint density at radius 2 is 0.375 bits per heavy atom. The van der Waals surface area contributed by atoms with E-state index < -0.39 is 6.10 Å². The lowest BCUT2D eigenvalue weighted by Gasteiger charge is -2.18. The first kappa shape index (κ1) is 70.4. The van der Waals surface area contributed by atoms with Crippen LogP contribution >= 0.6 is 0 Å². The predicted octanol–water partition coefficient (Wildman–Crippen LogP) is 22.3. The molecule has 0 radical (unpaired) electrons. The van der Waals surface area contributed by atoms with Crippen LogP contribution in [0, 0.1) is 0 Å². The van der Waals surface area contributed by atoms with Crippen molar-refractivity contribution in [1.82, 2.24) is 0 Å². The number of carbonyl (C=O) groups excluding carboxylic acids is 3. The van der Waals surface area contributed by atoms with Gasteiger partial charge in [-0.25, -0.2) is 0 Å². The fraction of sp³-hybridized carbons (Fsp3) is 0.955. The summed E-state index contributed by atoms with van der Waals surface area (Å²) < 4.78 is 16.9. The number of hydrogen-bond acceptors (Lipinski definition) is 6. The normalized spacial score (nSPS) is 11.9. The van der Waals surface area contributed by atoms with Gasteiger partial charge in [0.15, 0.2) is 6.10 Å². The molecule has 1 unspecified atom stereocenters. The zero-order chi connectivity index (χ0) is 52.2. The maximum Gasteiger partial charge on any atom is 0.306 e. The summed E-state index contributed by atoms with van der Waals surface area (Å²) in [5.74, 6) is -0.829. The lowest BCUT2D eigenvalue weighted by Crippen LogP contribution is -2.30. The fourth-order valence-electron chi connectivity index (χ4n) is 10.4. The van der Waals surface area contributed by atoms with Gasteiger partial charge >= 0.3 is 17.9 Å². The first-order valence-corrected chi connectivity index (χ1v) is 33.0. The number of esters is 3. The third-order valence-corrected chi connectivity index (χ3v) is 15.4. The molecule has 0 spiro atoms. The average Bonchev–Trinajstić information content (AvgIpc) is 3.38. The number of rotatable bonds is 62. The van der Waals surface area contributed by atoms with E-state index in [-0.39, 0.29) is 31.1 Å². The molecule has 0 aromatic heterocycles. The van der Waals surface area contributed by atoms with Crippen LogP contribution < -0.4 is 0 Å². The van der Waals surface area contributed by atoms with Crippen LogP contribution in [0.3, 0.4) is 0 Å². The average molecular weight is 1020 g/mol. The molecule has 0 N–H and O–H groups in total. The molecule has 0 rings (SSSR count). The van der Waals surface area contributed by atoms with Gasteiger partial charge in [0.1, 0.15) is 13.2 Å². The molecule has 0 aromatic rings. The van der Waals surface area contributed by atoms with Gasteiger partial charge in [0, 0.05) is 19.3 Å². The Hall–Kier alpha value is -1.59. The Morgan fingerprint density at radius 3 is 0.556 bits per heavy atom. The van der Waals surface area contributed by atoms with E-state index in [2.05, 4.69) is 20.8 Å². The molecule has 0 aromatic carbocycles. The second-order valence-electron chi connectivity index (χ2n) is 22.8. The minimum absolute atomic E-state index is 0.0609. The summed E-state index contributed by atoms with van der Waals surface area (Å²) in [5.41, 5.74) is 0. The molecule has 1 atom stereocenters. The third-order valence-electron chi connectivity index (χ3n) is 15.4. The second kappa shape index (κ2) is 62.0. The molecule has 0 aliphatic heterocycles. The first-order valence-electron chi connectivity index (χ1n) is 33.0. The topological polar surface area (TPSA) is 78.9 Å². The maximum atomic E-state index is 12.8. The minimum Gasteiger partial charge on any atom is -0.462 e. The summed E-state index contributed by atoms with van der Waals surface area (Å²) in [6, 6.07) is 0. The standard InChI is InChI=1S/C66H128O6/c1-4-7-10-13-16-19-22-25-26-27-28-29-30-31-32-33-34-35-36-37-38-39-40-42-44-47-50-53-56-59-65(68)71-62-63(61-70-64(67)58-55-52-49-46-43-24-21-18-15-12-9-6-3)72-66(69)60-57-54-51-48-45-41-23-20-17-14-11-8-5-2/h63H,4-62H2,1-3H3. The van der Waals surface area contributed by atoms with Crippen molar-refractivity contribution in [2.24, 2.45) is 0 Å². The molecule has 0 saturated carbocycles. The molecule has 0 heterocycles. The molecular formula is C66H128O6. The zero-order valence-corrected chi connectivity index (χ0v) is 49.2. The van der Waals surface area contributed by atoms with Crippen LogP contribution in [0.25, 0.3) is 0 Å². The van der Waals surface area contributed by atoms with E-state index in [0.717, 1.165) is 57.8 Å². The summed E-state index contributed by atoms with van der Waals surface area (Å²) in [5, 5.41) is 0. The van der Waals surface area contributed by atoms with Gasteiger partial charge in [0.25, 0.3) is 0 Å². The van der Waals surface area contributed by atoms with Gasteiger partial charge < -0.3 is 14.2 Å². The highest BCUT2D eigenvalue weighted by molar-refractivity contribution is 5.71. The molecule has 0 aliphatic carbocycles. The molecule has 428 valence electrons. The highest BCUT2D eigenvalue weighted by atomic mass is 16.6. The molecule has 0 bridgehead atoms. The Labute approximate surface area is 450 Å². The van der Waals surface area contributed by atoms with Crippen molar-refractivity contribution in [3.63, 3.8) is 0 Å². The minimum atomic E-state index is -0.761. The van der Waals surface area contributed by atoms with Crippen LogP contribution in [0.5, 0.6) is 0 Å². The van der Waals surface area contributed by atoms with Gasteiger partial charge in [-0.3, -0.25) is 14.4 Å². The summed E-state index contributed by atoms with van der Waals surface area (Å²) in [6.45, 7) is 6.71. The molecule has 72 heavy (non-hydrogen) atoms. The summed E-state index contributed by atoms with van der Waals surface area (Å²) in [6.07, 6.45) is 71.3. The lowest BCUT2D eigenvalue weighted by atomic mass is 10.0. The van der Waals surface area contributed by atoms with Crippen LogP contribution in [0.15, 0.2) is 0 Å². The van der Waals surface area contributed by atoms with Crippen molar-refractivity contribution >= 4 is 17.9 Å². The molecule has 6 heteroatoms. The monoisotopic (exact) mass is 1020 g/mol. The van der Waals surface area contributed by atoms with E-state index in [1.54, 1.807) is 0 Å². The molecule has 0 fully saturated rings. The van der Waals surface area contributed by atoms with E-state index in [9.17, 15) is 14.4 Å². The van der Waals surface area contributed by atoms with Gasteiger partial charge in [-0.1, -0.05) is 348 Å². The molecule has 6 nitrogen and oxygen atoms in total. The van der Waals surface area contributed by atoms with Crippen molar-refractivity contribution in [3.05, 3.63) is 0 Å². The van der Waals surface area contributed by atoms with Crippen molar-refractivity contribution in [2.75, 3.05) is 13.2 Å². The van der Waals surface area contributed by atoms with Crippen LogP contribution in [-0.2, 0) is 28.6 Å². The zero-order valence-electron chi connectivity index (χ0n) is 49.2. The number of unbranched alkanes of at least 4 members (excludes halogenated alkanes) is 51. The van der Waals surface area contributed by atoms with E-state index in [1.165, 1.54) is 289 Å². The second-order valence-corrected chi connectivity index (χ2v) is 22.8. The number of ether oxygens (including phenoxy) is 3. The van der Waals surface area contributed by atoms with Gasteiger partial charge in [0.2, 0.25) is 0 Å². The Morgan fingerprint density at radius 1 is 0.222 bits per heavy atom. The maximum absolute atomic E-state index is 12.8. The van der Waals surface area contributed by atoms with Gasteiger partial charge in [-0.15, -0.1) is 0 Å². The SMILES string of the molecule is CCCCCCCCCCCCCCCCCCCCCCCCCCCCCCCC(=O)OCC(COC(=O)CCCCCCCCCCCCCC)OC(=O)CCCCCCCCCCCCCCC. The van der Waals surface area contributed by atoms with Crippen molar-refractivity contribution in [2.45, 2.75) is 393 Å². The molecule has 0 saturated heterocycles. The Balaban J connectivity index is 4.06. The van der Waals surface area contributed by atoms with E-state index in [0.29, 0.717) is 19.3 Å². The van der Waals surface area contributed by atoms with Crippen LogP contribution in [0.2, 0.25) is 0 Å². The fourth-order valence-corrected chi connectivity index (χ4v) is 10.4. The molecule has 0 amide bonds. The van der Waals surface area contributed by atoms with Gasteiger partial charge in [-0.05, 0) is 19.3 Å². The summed E-state index contributed by atoms with van der Waals surface area (Å²) in [4.78, 5) is 38.2. The summed E-state index contributed by atoms with van der Waals surface area (Å²) >= 11 is 0. The van der Waals surface area contributed by atoms with E-state index >= 15 is 0 Å². The van der Waals surface area contributed by atoms with Crippen LogP contribution in [0.1, 0.15) is 387 Å². The predicted molar refractivity (Wildman–Crippen MR) is 312 cm³/mol. The van der Waals surface area contributed by atoms with Crippen molar-refractivity contribution in [3.8, 4) is 0 Å². The van der Waals surface area contributed by atoms with E-state index in [1.807, 2.05) is 0 Å². The smallest absolute Gasteiger partial charge is 0.306 e. The first-order chi connectivity index (χ1) is 35.5. The Bertz CT molecular complexity index is 1080. The highest BCUT2D eigenvalue weighted by Gasteiger charge is 2.19. The number of carbonyl (C=O) groups is 3. The highest BCUT2D eigenvalue weighted by Crippen LogP contribution is 2.19. The third kappa shape index (κ3) is 59.3.